The maximum Gasteiger partial charge on any atom is 0.114 e. The van der Waals surface area contributed by atoms with Crippen LogP contribution in [0.2, 0.25) is 0 Å². The lowest BCUT2D eigenvalue weighted by Crippen LogP contribution is -2.25. The van der Waals surface area contributed by atoms with Gasteiger partial charge in [0.25, 0.3) is 0 Å². The molecule has 1 unspecified atom stereocenters. The van der Waals surface area contributed by atoms with Crippen molar-refractivity contribution in [3.8, 4) is 6.07 Å². The van der Waals surface area contributed by atoms with Gasteiger partial charge in [0.2, 0.25) is 0 Å². The second-order valence-corrected chi connectivity index (χ2v) is 5.33. The van der Waals surface area contributed by atoms with Crippen LogP contribution in [-0.4, -0.2) is 14.7 Å². The van der Waals surface area contributed by atoms with E-state index in [2.05, 4.69) is 15.6 Å². The van der Waals surface area contributed by atoms with Gasteiger partial charge >= 0.3 is 0 Å². The minimum Gasteiger partial charge on any atom is -0.385 e. The molecule has 0 bridgehead atoms. The van der Waals surface area contributed by atoms with Crippen molar-refractivity contribution in [1.29, 1.82) is 5.26 Å². The fourth-order valence-corrected chi connectivity index (χ4v) is 2.92. The molecule has 1 aromatic heterocycles. The summed E-state index contributed by atoms with van der Waals surface area (Å²) in [6.45, 7) is 0. The molecule has 4 nitrogen and oxygen atoms in total. The average Bonchev–Trinajstić information content (AvgIpc) is 2.92. The summed E-state index contributed by atoms with van der Waals surface area (Å²) in [5, 5.41) is 19.9. The largest absolute Gasteiger partial charge is 0.385 e. The van der Waals surface area contributed by atoms with Gasteiger partial charge in [-0.1, -0.05) is 12.8 Å². The standard InChI is InChI=1S/C13H17N3O/c14-8-13(5-1-2-6-13)12(17)11-7-15-9-16(11)10-3-4-10/h7,9-10,12,17H,1-6H2. The first-order valence-corrected chi connectivity index (χ1v) is 6.38. The Morgan fingerprint density at radius 3 is 2.76 bits per heavy atom. The van der Waals surface area contributed by atoms with Gasteiger partial charge in [0.1, 0.15) is 6.10 Å². The van der Waals surface area contributed by atoms with Gasteiger partial charge in [-0.15, -0.1) is 0 Å². The molecular weight excluding hydrogens is 214 g/mol. The highest BCUT2D eigenvalue weighted by Crippen LogP contribution is 2.48. The summed E-state index contributed by atoms with van der Waals surface area (Å²) < 4.78 is 2.06. The minimum atomic E-state index is -0.682. The van der Waals surface area contributed by atoms with Gasteiger partial charge < -0.3 is 9.67 Å². The van der Waals surface area contributed by atoms with Crippen LogP contribution < -0.4 is 0 Å². The molecule has 0 radical (unpaired) electrons. The number of hydrogen-bond acceptors (Lipinski definition) is 3. The summed E-state index contributed by atoms with van der Waals surface area (Å²) >= 11 is 0. The number of imidazole rings is 1. The summed E-state index contributed by atoms with van der Waals surface area (Å²) in [5.74, 6) is 0. The van der Waals surface area contributed by atoms with Crippen LogP contribution in [0.1, 0.15) is 56.4 Å². The van der Waals surface area contributed by atoms with Gasteiger partial charge in [0.05, 0.1) is 29.7 Å². The molecule has 0 saturated heterocycles. The van der Waals surface area contributed by atoms with E-state index in [9.17, 15) is 10.4 Å². The number of rotatable bonds is 3. The zero-order chi connectivity index (χ0) is 11.9. The molecule has 2 saturated carbocycles. The molecule has 17 heavy (non-hydrogen) atoms. The predicted molar refractivity (Wildman–Crippen MR) is 62.0 cm³/mol. The average molecular weight is 231 g/mol. The fourth-order valence-electron chi connectivity index (χ4n) is 2.92. The van der Waals surface area contributed by atoms with E-state index in [-0.39, 0.29) is 0 Å². The molecule has 90 valence electrons. The Kier molecular flexibility index (Phi) is 2.44. The van der Waals surface area contributed by atoms with Gasteiger partial charge in [-0.2, -0.15) is 5.26 Å². The Bertz CT molecular complexity index is 449. The molecule has 1 N–H and O–H groups in total. The Balaban J connectivity index is 1.92. The Hall–Kier alpha value is -1.34. The van der Waals surface area contributed by atoms with E-state index in [1.165, 1.54) is 0 Å². The third kappa shape index (κ3) is 1.66. The van der Waals surface area contributed by atoms with Gasteiger partial charge in [-0.25, -0.2) is 4.98 Å². The van der Waals surface area contributed by atoms with E-state index in [0.717, 1.165) is 44.2 Å². The van der Waals surface area contributed by atoms with E-state index in [1.807, 2.05) is 0 Å². The summed E-state index contributed by atoms with van der Waals surface area (Å²) in [4.78, 5) is 4.13. The summed E-state index contributed by atoms with van der Waals surface area (Å²) in [5.41, 5.74) is 0.253. The van der Waals surface area contributed by atoms with Crippen molar-refractivity contribution in [2.24, 2.45) is 5.41 Å². The highest BCUT2D eigenvalue weighted by atomic mass is 16.3. The van der Waals surface area contributed by atoms with Crippen LogP contribution in [0.15, 0.2) is 12.5 Å². The minimum absolute atomic E-state index is 0.499. The van der Waals surface area contributed by atoms with Crippen molar-refractivity contribution in [2.45, 2.75) is 50.7 Å². The van der Waals surface area contributed by atoms with Crippen LogP contribution >= 0.6 is 0 Å². The fraction of sp³-hybridized carbons (Fsp3) is 0.692. The SMILES string of the molecule is N#CC1(C(O)c2cncn2C2CC2)CCCC1. The van der Waals surface area contributed by atoms with Crippen LogP contribution in [0.25, 0.3) is 0 Å². The molecule has 1 atom stereocenters. The van der Waals surface area contributed by atoms with E-state index < -0.39 is 11.5 Å². The van der Waals surface area contributed by atoms with Crippen LogP contribution in [0.5, 0.6) is 0 Å². The Morgan fingerprint density at radius 2 is 2.18 bits per heavy atom. The van der Waals surface area contributed by atoms with Gasteiger partial charge in [-0.05, 0) is 25.7 Å². The normalized spacial score (nSPS) is 24.5. The zero-order valence-corrected chi connectivity index (χ0v) is 9.84. The summed E-state index contributed by atoms with van der Waals surface area (Å²) in [6, 6.07) is 2.86. The first kappa shape index (κ1) is 10.8. The molecule has 0 aliphatic heterocycles. The molecule has 0 amide bonds. The molecule has 0 spiro atoms. The number of aliphatic hydroxyl groups is 1. The lowest BCUT2D eigenvalue weighted by atomic mass is 9.80. The smallest absolute Gasteiger partial charge is 0.114 e. The highest BCUT2D eigenvalue weighted by molar-refractivity contribution is 5.17. The van der Waals surface area contributed by atoms with E-state index in [1.54, 1.807) is 12.5 Å². The number of aromatic nitrogens is 2. The van der Waals surface area contributed by atoms with Gasteiger partial charge in [-0.3, -0.25) is 0 Å². The number of hydrogen-bond donors (Lipinski definition) is 1. The van der Waals surface area contributed by atoms with E-state index in [4.69, 9.17) is 0 Å². The molecule has 1 heterocycles. The monoisotopic (exact) mass is 231 g/mol. The van der Waals surface area contributed by atoms with Crippen molar-refractivity contribution in [3.63, 3.8) is 0 Å². The molecule has 0 aromatic carbocycles. The van der Waals surface area contributed by atoms with Gasteiger partial charge in [0.15, 0.2) is 0 Å². The number of nitrogens with zero attached hydrogens (tertiary/aromatic N) is 3. The third-order valence-corrected chi connectivity index (χ3v) is 4.16. The molecular formula is C13H17N3O. The van der Waals surface area contributed by atoms with Crippen LogP contribution in [-0.2, 0) is 0 Å². The van der Waals surface area contributed by atoms with Gasteiger partial charge in [0, 0.05) is 6.04 Å². The van der Waals surface area contributed by atoms with Crippen LogP contribution in [0, 0.1) is 16.7 Å². The topological polar surface area (TPSA) is 61.8 Å². The Labute approximate surface area is 101 Å². The third-order valence-electron chi connectivity index (χ3n) is 4.16. The summed E-state index contributed by atoms with van der Waals surface area (Å²) in [6.07, 6.45) is 8.85. The molecule has 2 aliphatic rings. The number of nitriles is 1. The quantitative estimate of drug-likeness (QED) is 0.868. The lowest BCUT2D eigenvalue weighted by molar-refractivity contribution is 0.0600. The van der Waals surface area contributed by atoms with Crippen molar-refractivity contribution in [3.05, 3.63) is 18.2 Å². The maximum atomic E-state index is 10.5. The summed E-state index contributed by atoms with van der Waals surface area (Å²) in [7, 11) is 0. The van der Waals surface area contributed by atoms with Crippen LogP contribution in [0.3, 0.4) is 0 Å². The Morgan fingerprint density at radius 1 is 1.47 bits per heavy atom. The second kappa shape index (κ2) is 3.85. The first-order valence-electron chi connectivity index (χ1n) is 6.38. The van der Waals surface area contributed by atoms with E-state index in [0.29, 0.717) is 6.04 Å². The van der Waals surface area contributed by atoms with E-state index >= 15 is 0 Å². The molecule has 4 heteroatoms. The first-order chi connectivity index (χ1) is 8.27. The maximum absolute atomic E-state index is 10.5. The molecule has 2 fully saturated rings. The van der Waals surface area contributed by atoms with Crippen LogP contribution in [0.4, 0.5) is 0 Å². The van der Waals surface area contributed by atoms with Crippen molar-refractivity contribution < 1.29 is 5.11 Å². The zero-order valence-electron chi connectivity index (χ0n) is 9.84. The second-order valence-electron chi connectivity index (χ2n) is 5.33. The predicted octanol–water partition coefficient (Wildman–Crippen LogP) is 2.34. The molecule has 2 aliphatic carbocycles. The number of aliphatic hydroxyl groups excluding tert-OH is 1. The molecule has 1 aromatic rings. The highest BCUT2D eigenvalue weighted by Gasteiger charge is 2.44. The lowest BCUT2D eigenvalue weighted by Gasteiger charge is -2.27. The van der Waals surface area contributed by atoms with Crippen molar-refractivity contribution >= 4 is 0 Å². The van der Waals surface area contributed by atoms with Crippen molar-refractivity contribution in [1.82, 2.24) is 9.55 Å². The molecule has 3 rings (SSSR count). The van der Waals surface area contributed by atoms with Crippen molar-refractivity contribution in [2.75, 3.05) is 0 Å².